The summed E-state index contributed by atoms with van der Waals surface area (Å²) in [5, 5.41) is 0. The molecule has 110 valence electrons. The molecule has 1 amide bonds. The zero-order valence-corrected chi connectivity index (χ0v) is 11.9. The van der Waals surface area contributed by atoms with Gasteiger partial charge in [-0.3, -0.25) is 14.6 Å². The van der Waals surface area contributed by atoms with E-state index >= 15 is 0 Å². The standard InChI is InChI=1S/C14H20N2O4/c1-3-20-14(18)6-9-16(13(17)11-19-2)10-12-4-7-15-8-5-12/h4-5,7-8H,3,6,9-11H2,1-2H3. The lowest BCUT2D eigenvalue weighted by Crippen LogP contribution is -2.35. The lowest BCUT2D eigenvalue weighted by Gasteiger charge is -2.22. The summed E-state index contributed by atoms with van der Waals surface area (Å²) in [6, 6.07) is 3.66. The maximum atomic E-state index is 12.0. The van der Waals surface area contributed by atoms with Crippen molar-refractivity contribution in [3.63, 3.8) is 0 Å². The van der Waals surface area contributed by atoms with Crippen LogP contribution in [0.15, 0.2) is 24.5 Å². The molecule has 0 unspecified atom stereocenters. The highest BCUT2D eigenvalue weighted by molar-refractivity contribution is 5.78. The molecule has 0 fully saturated rings. The maximum Gasteiger partial charge on any atom is 0.307 e. The second kappa shape index (κ2) is 9.03. The minimum Gasteiger partial charge on any atom is -0.466 e. The fraction of sp³-hybridized carbons (Fsp3) is 0.500. The average molecular weight is 280 g/mol. The first-order valence-electron chi connectivity index (χ1n) is 6.48. The molecule has 1 aromatic heterocycles. The van der Waals surface area contributed by atoms with E-state index < -0.39 is 0 Å². The number of amides is 1. The van der Waals surface area contributed by atoms with Crippen molar-refractivity contribution in [1.29, 1.82) is 0 Å². The molecule has 0 bridgehead atoms. The number of aromatic nitrogens is 1. The molecule has 0 saturated carbocycles. The number of hydrogen-bond donors (Lipinski definition) is 0. The van der Waals surface area contributed by atoms with E-state index in [4.69, 9.17) is 9.47 Å². The summed E-state index contributed by atoms with van der Waals surface area (Å²) in [7, 11) is 1.47. The molecule has 0 aliphatic heterocycles. The fourth-order valence-corrected chi connectivity index (χ4v) is 1.67. The van der Waals surface area contributed by atoms with E-state index in [-0.39, 0.29) is 24.9 Å². The summed E-state index contributed by atoms with van der Waals surface area (Å²) in [6.07, 6.45) is 3.51. The molecule has 1 aromatic rings. The van der Waals surface area contributed by atoms with Crippen molar-refractivity contribution >= 4 is 11.9 Å². The first-order chi connectivity index (χ1) is 9.67. The van der Waals surface area contributed by atoms with Crippen LogP contribution in [-0.2, 0) is 25.6 Å². The topological polar surface area (TPSA) is 68.7 Å². The van der Waals surface area contributed by atoms with Gasteiger partial charge in [0, 0.05) is 32.6 Å². The predicted octanol–water partition coefficient (Wildman–Crippen LogP) is 1.01. The Morgan fingerprint density at radius 1 is 1.30 bits per heavy atom. The third kappa shape index (κ3) is 5.79. The fourth-order valence-electron chi connectivity index (χ4n) is 1.67. The Balaban J connectivity index is 2.60. The van der Waals surface area contributed by atoms with E-state index in [1.165, 1.54) is 7.11 Å². The summed E-state index contributed by atoms with van der Waals surface area (Å²) < 4.78 is 9.72. The van der Waals surface area contributed by atoms with E-state index in [0.29, 0.717) is 19.7 Å². The van der Waals surface area contributed by atoms with Crippen molar-refractivity contribution in [3.05, 3.63) is 30.1 Å². The molecule has 20 heavy (non-hydrogen) atoms. The monoisotopic (exact) mass is 280 g/mol. The van der Waals surface area contributed by atoms with Crippen molar-refractivity contribution in [2.24, 2.45) is 0 Å². The molecule has 1 heterocycles. The number of nitrogens with zero attached hydrogens (tertiary/aromatic N) is 2. The Hall–Kier alpha value is -1.95. The van der Waals surface area contributed by atoms with Gasteiger partial charge in [-0.25, -0.2) is 0 Å². The van der Waals surface area contributed by atoms with Gasteiger partial charge in [0.2, 0.25) is 5.91 Å². The van der Waals surface area contributed by atoms with Gasteiger partial charge < -0.3 is 14.4 Å². The van der Waals surface area contributed by atoms with E-state index in [2.05, 4.69) is 4.98 Å². The van der Waals surface area contributed by atoms with Gasteiger partial charge in [-0.15, -0.1) is 0 Å². The normalized spacial score (nSPS) is 10.1. The molecular formula is C14H20N2O4. The van der Waals surface area contributed by atoms with Crippen LogP contribution in [0.25, 0.3) is 0 Å². The van der Waals surface area contributed by atoms with Gasteiger partial charge in [0.1, 0.15) is 6.61 Å². The van der Waals surface area contributed by atoms with Gasteiger partial charge in [-0.2, -0.15) is 0 Å². The quantitative estimate of drug-likeness (QED) is 0.665. The van der Waals surface area contributed by atoms with Gasteiger partial charge >= 0.3 is 5.97 Å². The lowest BCUT2D eigenvalue weighted by atomic mass is 10.2. The Kier molecular flexibility index (Phi) is 7.27. The molecule has 6 nitrogen and oxygen atoms in total. The molecule has 6 heteroatoms. The summed E-state index contributed by atoms with van der Waals surface area (Å²) in [6.45, 7) is 2.82. The van der Waals surface area contributed by atoms with Crippen molar-refractivity contribution < 1.29 is 19.1 Å². The number of carbonyl (C=O) groups excluding carboxylic acids is 2. The maximum absolute atomic E-state index is 12.0. The minimum atomic E-state index is -0.308. The van der Waals surface area contributed by atoms with Crippen molar-refractivity contribution in [2.75, 3.05) is 26.9 Å². The van der Waals surface area contributed by atoms with Gasteiger partial charge in [0.05, 0.1) is 13.0 Å². The molecule has 0 aliphatic carbocycles. The molecule has 0 atom stereocenters. The van der Waals surface area contributed by atoms with Crippen LogP contribution < -0.4 is 0 Å². The molecule has 0 radical (unpaired) electrons. The Labute approximate surface area is 118 Å². The Morgan fingerprint density at radius 2 is 2.00 bits per heavy atom. The highest BCUT2D eigenvalue weighted by Crippen LogP contribution is 2.05. The van der Waals surface area contributed by atoms with Crippen LogP contribution in [0, 0.1) is 0 Å². The molecular weight excluding hydrogens is 260 g/mol. The van der Waals surface area contributed by atoms with E-state index in [1.54, 1.807) is 24.2 Å². The van der Waals surface area contributed by atoms with Crippen LogP contribution in [0.4, 0.5) is 0 Å². The zero-order valence-electron chi connectivity index (χ0n) is 11.9. The Morgan fingerprint density at radius 3 is 2.60 bits per heavy atom. The molecule has 1 rings (SSSR count). The highest BCUT2D eigenvalue weighted by Gasteiger charge is 2.15. The number of esters is 1. The second-order valence-electron chi connectivity index (χ2n) is 4.16. The van der Waals surface area contributed by atoms with Crippen molar-refractivity contribution in [2.45, 2.75) is 19.9 Å². The predicted molar refractivity (Wildman–Crippen MR) is 72.8 cm³/mol. The third-order valence-electron chi connectivity index (χ3n) is 2.63. The number of methoxy groups -OCH3 is 1. The van der Waals surface area contributed by atoms with Crippen LogP contribution in [0.5, 0.6) is 0 Å². The third-order valence-corrected chi connectivity index (χ3v) is 2.63. The Bertz CT molecular complexity index is 422. The van der Waals surface area contributed by atoms with Crippen LogP contribution in [-0.4, -0.2) is 48.6 Å². The molecule has 0 aromatic carbocycles. The summed E-state index contributed by atoms with van der Waals surface area (Å²) in [5.74, 6) is -0.467. The van der Waals surface area contributed by atoms with E-state index in [0.717, 1.165) is 5.56 Å². The molecule has 0 spiro atoms. The minimum absolute atomic E-state index is 0.00604. The smallest absolute Gasteiger partial charge is 0.307 e. The number of pyridine rings is 1. The van der Waals surface area contributed by atoms with Crippen LogP contribution in [0.1, 0.15) is 18.9 Å². The highest BCUT2D eigenvalue weighted by atomic mass is 16.5. The summed E-state index contributed by atoms with van der Waals surface area (Å²) in [5.41, 5.74) is 0.952. The van der Waals surface area contributed by atoms with Crippen LogP contribution in [0.2, 0.25) is 0 Å². The summed E-state index contributed by atoms with van der Waals surface area (Å²) >= 11 is 0. The first-order valence-corrected chi connectivity index (χ1v) is 6.48. The zero-order chi connectivity index (χ0) is 14.8. The van der Waals surface area contributed by atoms with Gasteiger partial charge in [-0.1, -0.05) is 0 Å². The van der Waals surface area contributed by atoms with Crippen molar-refractivity contribution in [3.8, 4) is 0 Å². The van der Waals surface area contributed by atoms with Gasteiger partial charge in [-0.05, 0) is 24.6 Å². The van der Waals surface area contributed by atoms with E-state index in [9.17, 15) is 9.59 Å². The van der Waals surface area contributed by atoms with Crippen LogP contribution in [0.3, 0.4) is 0 Å². The van der Waals surface area contributed by atoms with E-state index in [1.807, 2.05) is 12.1 Å². The largest absolute Gasteiger partial charge is 0.466 e. The SMILES string of the molecule is CCOC(=O)CCN(Cc1ccncc1)C(=O)COC. The number of carbonyl (C=O) groups is 2. The number of hydrogen-bond acceptors (Lipinski definition) is 5. The second-order valence-corrected chi connectivity index (χ2v) is 4.16. The first kappa shape index (κ1) is 16.1. The van der Waals surface area contributed by atoms with Crippen LogP contribution >= 0.6 is 0 Å². The molecule has 0 N–H and O–H groups in total. The van der Waals surface area contributed by atoms with Crippen molar-refractivity contribution in [1.82, 2.24) is 9.88 Å². The lowest BCUT2D eigenvalue weighted by molar-refractivity contribution is -0.144. The average Bonchev–Trinajstić information content (AvgIpc) is 2.45. The molecule has 0 saturated heterocycles. The molecule has 0 aliphatic rings. The summed E-state index contributed by atoms with van der Waals surface area (Å²) in [4.78, 5) is 28.8. The van der Waals surface area contributed by atoms with Gasteiger partial charge in [0.15, 0.2) is 0 Å². The number of ether oxygens (including phenoxy) is 2. The van der Waals surface area contributed by atoms with Gasteiger partial charge in [0.25, 0.3) is 0 Å². The number of rotatable bonds is 8.